The molecule has 0 aliphatic carbocycles. The molecule has 6 nitrogen and oxygen atoms in total. The Hall–Kier alpha value is -3.33. The van der Waals surface area contributed by atoms with Gasteiger partial charge in [0, 0.05) is 30.9 Å². The highest BCUT2D eigenvalue weighted by Gasteiger charge is 2.38. The van der Waals surface area contributed by atoms with Crippen LogP contribution in [0.15, 0.2) is 95.9 Å². The normalized spacial score (nSPS) is 17.8. The SMILES string of the molecule is CC(C)CC1CN(c2ccccc2)c2cc(Cl)c(-c3ccc(-c4ccccc4)c(C(=O)O)c3)cc2S(O)(O)N1C. The lowest BCUT2D eigenvalue weighted by Crippen LogP contribution is -2.40. The van der Waals surface area contributed by atoms with Crippen LogP contribution in [0.4, 0.5) is 11.4 Å². The van der Waals surface area contributed by atoms with Crippen molar-refractivity contribution in [3.05, 3.63) is 102 Å². The number of anilines is 2. The summed E-state index contributed by atoms with van der Waals surface area (Å²) in [4.78, 5) is 14.7. The Morgan fingerprint density at radius 3 is 2.20 bits per heavy atom. The first-order valence-corrected chi connectivity index (χ1v) is 15.1. The van der Waals surface area contributed by atoms with Gasteiger partial charge in [0.05, 0.1) is 21.2 Å². The predicted molar refractivity (Wildman–Crippen MR) is 165 cm³/mol. The van der Waals surface area contributed by atoms with Gasteiger partial charge >= 0.3 is 5.97 Å². The molecular weight excluding hydrogens is 544 g/mol. The van der Waals surface area contributed by atoms with E-state index in [0.717, 1.165) is 17.7 Å². The fraction of sp³-hybridized carbons (Fsp3) is 0.219. The van der Waals surface area contributed by atoms with Crippen LogP contribution in [0, 0.1) is 5.92 Å². The first kappa shape index (κ1) is 28.2. The number of aromatic carboxylic acids is 1. The Kier molecular flexibility index (Phi) is 7.95. The van der Waals surface area contributed by atoms with Gasteiger partial charge in [0.15, 0.2) is 0 Å². The number of likely N-dealkylation sites (N-methyl/N-ethyl adjacent to an activating group) is 1. The Labute approximate surface area is 241 Å². The number of nitrogens with zero attached hydrogens (tertiary/aromatic N) is 2. The third kappa shape index (κ3) is 5.36. The molecule has 1 heterocycles. The molecule has 0 aromatic heterocycles. The third-order valence-electron chi connectivity index (χ3n) is 7.40. The second-order valence-electron chi connectivity index (χ2n) is 10.5. The molecule has 208 valence electrons. The van der Waals surface area contributed by atoms with Crippen LogP contribution in [0.25, 0.3) is 22.3 Å². The number of halogens is 1. The molecule has 0 saturated carbocycles. The minimum atomic E-state index is -3.40. The number of carboxylic acid groups (broad SMARTS) is 1. The van der Waals surface area contributed by atoms with Crippen LogP contribution in [0.1, 0.15) is 30.6 Å². The van der Waals surface area contributed by atoms with E-state index in [1.165, 1.54) is 0 Å². The topological polar surface area (TPSA) is 84.2 Å². The summed E-state index contributed by atoms with van der Waals surface area (Å²) in [6, 6.07) is 27.7. The van der Waals surface area contributed by atoms with E-state index in [2.05, 4.69) is 18.7 Å². The minimum Gasteiger partial charge on any atom is -0.478 e. The molecule has 1 atom stereocenters. The van der Waals surface area contributed by atoms with Gasteiger partial charge < -0.3 is 10.0 Å². The average molecular weight is 577 g/mol. The van der Waals surface area contributed by atoms with E-state index in [-0.39, 0.29) is 11.6 Å². The van der Waals surface area contributed by atoms with Crippen LogP contribution >= 0.6 is 22.4 Å². The van der Waals surface area contributed by atoms with Crippen molar-refractivity contribution in [3.63, 3.8) is 0 Å². The fourth-order valence-electron chi connectivity index (χ4n) is 5.36. The van der Waals surface area contributed by atoms with Gasteiger partial charge in [-0.25, -0.2) is 9.10 Å². The van der Waals surface area contributed by atoms with E-state index < -0.39 is 16.7 Å². The van der Waals surface area contributed by atoms with Crippen molar-refractivity contribution in [2.45, 2.75) is 31.2 Å². The quantitative estimate of drug-likeness (QED) is 0.212. The number of carbonyl (C=O) groups is 1. The molecule has 1 aliphatic heterocycles. The van der Waals surface area contributed by atoms with E-state index in [0.29, 0.717) is 44.8 Å². The van der Waals surface area contributed by atoms with Crippen molar-refractivity contribution in [1.29, 1.82) is 0 Å². The van der Waals surface area contributed by atoms with Gasteiger partial charge in [0.25, 0.3) is 0 Å². The lowest BCUT2D eigenvalue weighted by molar-refractivity contribution is 0.0697. The number of benzene rings is 4. The van der Waals surface area contributed by atoms with Gasteiger partial charge in [-0.3, -0.25) is 9.11 Å². The molecule has 8 heteroatoms. The zero-order valence-electron chi connectivity index (χ0n) is 22.7. The monoisotopic (exact) mass is 576 g/mol. The summed E-state index contributed by atoms with van der Waals surface area (Å²) in [6.45, 7) is 4.80. The molecule has 3 N–H and O–H groups in total. The number of hydrogen-bond acceptors (Lipinski definition) is 5. The molecule has 4 aromatic rings. The van der Waals surface area contributed by atoms with Crippen LogP contribution < -0.4 is 4.90 Å². The third-order valence-corrected chi connectivity index (χ3v) is 9.73. The summed E-state index contributed by atoms with van der Waals surface area (Å²) >= 11 is 6.90. The van der Waals surface area contributed by atoms with Crippen LogP contribution in [-0.2, 0) is 0 Å². The molecule has 0 radical (unpaired) electrons. The van der Waals surface area contributed by atoms with Crippen LogP contribution in [0.2, 0.25) is 5.02 Å². The zero-order chi connectivity index (χ0) is 28.6. The molecule has 1 aliphatic rings. The zero-order valence-corrected chi connectivity index (χ0v) is 24.2. The molecule has 0 saturated heterocycles. The lowest BCUT2D eigenvalue weighted by Gasteiger charge is -2.43. The Bertz CT molecular complexity index is 1530. The van der Waals surface area contributed by atoms with Crippen LogP contribution in [0.3, 0.4) is 0 Å². The van der Waals surface area contributed by atoms with E-state index in [1.807, 2.05) is 66.7 Å². The summed E-state index contributed by atoms with van der Waals surface area (Å²) in [7, 11) is -1.65. The molecule has 5 rings (SSSR count). The first-order chi connectivity index (χ1) is 19.1. The fourth-order valence-corrected chi connectivity index (χ4v) is 7.23. The Morgan fingerprint density at radius 1 is 0.925 bits per heavy atom. The molecular formula is C32H33ClN2O4S. The molecule has 0 amide bonds. The van der Waals surface area contributed by atoms with Gasteiger partial charge in [-0.2, -0.15) is 0 Å². The van der Waals surface area contributed by atoms with E-state index >= 15 is 0 Å². The van der Waals surface area contributed by atoms with Crippen molar-refractivity contribution in [3.8, 4) is 22.3 Å². The van der Waals surface area contributed by atoms with Crippen molar-refractivity contribution in [2.24, 2.45) is 5.92 Å². The second-order valence-corrected chi connectivity index (χ2v) is 13.0. The lowest BCUT2D eigenvalue weighted by atomic mass is 9.94. The van der Waals surface area contributed by atoms with E-state index in [1.54, 1.807) is 35.6 Å². The number of carboxylic acids is 1. The highest BCUT2D eigenvalue weighted by atomic mass is 35.5. The summed E-state index contributed by atoms with van der Waals surface area (Å²) in [5.74, 6) is -0.708. The first-order valence-electron chi connectivity index (χ1n) is 13.2. The number of fused-ring (bicyclic) bond motifs is 1. The number of para-hydroxylation sites is 1. The molecule has 1 unspecified atom stereocenters. The number of hydrogen-bond donors (Lipinski definition) is 3. The molecule has 0 spiro atoms. The standard InChI is InChI=1S/C32H33ClN2O4S/c1-21(2)16-25-20-35(24-12-8-5-9-13-24)30-19-29(33)27(18-31(30)40(38,39)34(25)3)23-14-15-26(28(17-23)32(36)37)22-10-6-4-7-11-22/h4-15,17-19,21,25,38-39H,16,20H2,1-3H3,(H,36,37). The maximum absolute atomic E-state index is 12.3. The summed E-state index contributed by atoms with van der Waals surface area (Å²) < 4.78 is 25.1. The molecule has 0 bridgehead atoms. The molecule has 40 heavy (non-hydrogen) atoms. The van der Waals surface area contributed by atoms with E-state index in [4.69, 9.17) is 11.6 Å². The van der Waals surface area contributed by atoms with Gasteiger partial charge in [0.1, 0.15) is 0 Å². The predicted octanol–water partition coefficient (Wildman–Crippen LogP) is 8.89. The maximum atomic E-state index is 12.3. The van der Waals surface area contributed by atoms with Crippen molar-refractivity contribution < 1.29 is 19.0 Å². The largest absolute Gasteiger partial charge is 0.478 e. The van der Waals surface area contributed by atoms with Gasteiger partial charge in [-0.05, 0) is 59.4 Å². The Balaban J connectivity index is 1.69. The average Bonchev–Trinajstić information content (AvgIpc) is 3.01. The number of rotatable bonds is 6. The van der Waals surface area contributed by atoms with Crippen molar-refractivity contribution in [2.75, 3.05) is 18.5 Å². The maximum Gasteiger partial charge on any atom is 0.336 e. The Morgan fingerprint density at radius 2 is 1.57 bits per heavy atom. The summed E-state index contributed by atoms with van der Waals surface area (Å²) in [5.41, 5.74) is 4.19. The van der Waals surface area contributed by atoms with Crippen molar-refractivity contribution in [1.82, 2.24) is 4.31 Å². The summed E-state index contributed by atoms with van der Waals surface area (Å²) in [6.07, 6.45) is 0.771. The summed E-state index contributed by atoms with van der Waals surface area (Å²) in [5, 5.41) is 10.4. The minimum absolute atomic E-state index is 0.136. The van der Waals surface area contributed by atoms with Gasteiger partial charge in [-0.1, -0.05) is 86.1 Å². The van der Waals surface area contributed by atoms with Crippen LogP contribution in [0.5, 0.6) is 0 Å². The van der Waals surface area contributed by atoms with Gasteiger partial charge in [0.2, 0.25) is 0 Å². The van der Waals surface area contributed by atoms with Crippen molar-refractivity contribution >= 4 is 39.7 Å². The smallest absolute Gasteiger partial charge is 0.336 e. The molecule has 4 aromatic carbocycles. The second kappa shape index (κ2) is 11.3. The molecule has 0 fully saturated rings. The highest BCUT2D eigenvalue weighted by molar-refractivity contribution is 8.22. The van der Waals surface area contributed by atoms with Crippen LogP contribution in [-0.4, -0.2) is 44.1 Å². The van der Waals surface area contributed by atoms with Gasteiger partial charge in [-0.15, -0.1) is 10.8 Å². The van der Waals surface area contributed by atoms with E-state index in [9.17, 15) is 19.0 Å². The highest BCUT2D eigenvalue weighted by Crippen LogP contribution is 2.60.